The fourth-order valence-electron chi connectivity index (χ4n) is 2.77. The van der Waals surface area contributed by atoms with Crippen molar-refractivity contribution in [1.29, 1.82) is 0 Å². The minimum Gasteiger partial charge on any atom is -0.481 e. The molecule has 20 heavy (non-hydrogen) atoms. The summed E-state index contributed by atoms with van der Waals surface area (Å²) in [7, 11) is 3.19. The first-order chi connectivity index (χ1) is 9.75. The van der Waals surface area contributed by atoms with Crippen LogP contribution in [0.2, 0.25) is 0 Å². The van der Waals surface area contributed by atoms with Gasteiger partial charge in [-0.15, -0.1) is 0 Å². The lowest BCUT2D eigenvalue weighted by Gasteiger charge is -2.27. The maximum Gasteiger partial charge on any atom is 0.229 e. The maximum atomic E-state index is 5.15. The van der Waals surface area contributed by atoms with Crippen LogP contribution < -0.4 is 14.8 Å². The van der Waals surface area contributed by atoms with Gasteiger partial charge in [-0.1, -0.05) is 26.2 Å². The molecule has 1 aliphatic carbocycles. The van der Waals surface area contributed by atoms with Crippen LogP contribution in [0.1, 0.15) is 39.0 Å². The number of hydrogen-bond acceptors (Lipinski definition) is 5. The van der Waals surface area contributed by atoms with Crippen molar-refractivity contribution in [2.75, 3.05) is 26.1 Å². The highest BCUT2D eigenvalue weighted by Gasteiger charge is 2.20. The molecular weight excluding hydrogens is 254 g/mol. The number of nitrogens with one attached hydrogen (secondary N) is 1. The highest BCUT2D eigenvalue weighted by Crippen LogP contribution is 2.30. The van der Waals surface area contributed by atoms with Crippen molar-refractivity contribution in [3.05, 3.63) is 6.07 Å². The van der Waals surface area contributed by atoms with Gasteiger partial charge in [0.15, 0.2) is 0 Å². The van der Waals surface area contributed by atoms with E-state index in [1.807, 2.05) is 0 Å². The van der Waals surface area contributed by atoms with Gasteiger partial charge in [0.25, 0.3) is 0 Å². The van der Waals surface area contributed by atoms with E-state index in [1.165, 1.54) is 32.1 Å². The minimum absolute atomic E-state index is 0.522. The Balaban J connectivity index is 1.87. The Kier molecular flexibility index (Phi) is 5.44. The molecule has 0 aliphatic heterocycles. The Morgan fingerprint density at radius 1 is 1.05 bits per heavy atom. The van der Waals surface area contributed by atoms with E-state index in [2.05, 4.69) is 22.2 Å². The van der Waals surface area contributed by atoms with E-state index in [-0.39, 0.29) is 0 Å². The normalized spacial score (nSPS) is 22.4. The predicted octanol–water partition coefficient (Wildman–Crippen LogP) is 3.12. The molecule has 0 saturated heterocycles. The van der Waals surface area contributed by atoms with Crippen LogP contribution in [0.15, 0.2) is 6.07 Å². The molecule has 1 aromatic rings. The van der Waals surface area contributed by atoms with E-state index >= 15 is 0 Å². The van der Waals surface area contributed by atoms with Gasteiger partial charge >= 0.3 is 0 Å². The number of nitrogens with zero attached hydrogens (tertiary/aromatic N) is 2. The van der Waals surface area contributed by atoms with Gasteiger partial charge in [0.2, 0.25) is 17.7 Å². The molecule has 0 bridgehead atoms. The maximum absolute atomic E-state index is 5.15. The largest absolute Gasteiger partial charge is 0.481 e. The molecule has 0 unspecified atom stereocenters. The number of aromatic nitrogens is 2. The SMILES string of the molecule is CCC1CCC(CNc2nc(OC)cc(OC)n2)CC1. The second-order valence-electron chi connectivity index (χ2n) is 5.45. The van der Waals surface area contributed by atoms with Gasteiger partial charge in [0.1, 0.15) is 0 Å². The number of ether oxygens (including phenoxy) is 2. The molecule has 5 nitrogen and oxygen atoms in total. The highest BCUT2D eigenvalue weighted by molar-refractivity contribution is 5.33. The molecule has 112 valence electrons. The Morgan fingerprint density at radius 2 is 1.60 bits per heavy atom. The molecule has 1 aliphatic rings. The van der Waals surface area contributed by atoms with E-state index in [0.29, 0.717) is 17.7 Å². The van der Waals surface area contributed by atoms with E-state index in [1.54, 1.807) is 20.3 Å². The van der Waals surface area contributed by atoms with E-state index in [4.69, 9.17) is 9.47 Å². The summed E-state index contributed by atoms with van der Waals surface area (Å²) in [4.78, 5) is 8.58. The van der Waals surface area contributed by atoms with Crippen LogP contribution in [-0.2, 0) is 0 Å². The Hall–Kier alpha value is -1.52. The first-order valence-corrected chi connectivity index (χ1v) is 7.46. The van der Waals surface area contributed by atoms with Gasteiger partial charge in [-0.25, -0.2) is 0 Å². The van der Waals surface area contributed by atoms with Crippen LogP contribution in [0.25, 0.3) is 0 Å². The zero-order valence-corrected chi connectivity index (χ0v) is 12.7. The zero-order chi connectivity index (χ0) is 14.4. The van der Waals surface area contributed by atoms with Crippen LogP contribution in [0.3, 0.4) is 0 Å². The fourth-order valence-corrected chi connectivity index (χ4v) is 2.77. The molecule has 1 fully saturated rings. The van der Waals surface area contributed by atoms with E-state index in [0.717, 1.165) is 18.4 Å². The van der Waals surface area contributed by atoms with Crippen LogP contribution in [0.4, 0.5) is 5.95 Å². The van der Waals surface area contributed by atoms with Crippen molar-refractivity contribution in [2.45, 2.75) is 39.0 Å². The van der Waals surface area contributed by atoms with Gasteiger partial charge in [0.05, 0.1) is 20.3 Å². The topological polar surface area (TPSA) is 56.3 Å². The number of hydrogen-bond donors (Lipinski definition) is 1. The van der Waals surface area contributed by atoms with Gasteiger partial charge in [-0.3, -0.25) is 0 Å². The predicted molar refractivity (Wildman–Crippen MR) is 79.4 cm³/mol. The number of rotatable bonds is 6. The van der Waals surface area contributed by atoms with Crippen LogP contribution in [0.5, 0.6) is 11.8 Å². The van der Waals surface area contributed by atoms with Crippen molar-refractivity contribution in [3.63, 3.8) is 0 Å². The number of methoxy groups -OCH3 is 2. The second-order valence-corrected chi connectivity index (χ2v) is 5.45. The monoisotopic (exact) mass is 279 g/mol. The molecule has 1 N–H and O–H groups in total. The third-order valence-corrected chi connectivity index (χ3v) is 4.19. The third-order valence-electron chi connectivity index (χ3n) is 4.19. The molecule has 0 amide bonds. The lowest BCUT2D eigenvalue weighted by Crippen LogP contribution is -2.21. The average Bonchev–Trinajstić information content (AvgIpc) is 2.53. The minimum atomic E-state index is 0.522. The first kappa shape index (κ1) is 14.9. The summed E-state index contributed by atoms with van der Waals surface area (Å²) in [6.07, 6.45) is 6.62. The number of anilines is 1. The third kappa shape index (κ3) is 3.99. The summed E-state index contributed by atoms with van der Waals surface area (Å²) in [6.45, 7) is 3.21. The first-order valence-electron chi connectivity index (χ1n) is 7.46. The molecule has 0 spiro atoms. The van der Waals surface area contributed by atoms with Crippen LogP contribution >= 0.6 is 0 Å². The summed E-state index contributed by atoms with van der Waals surface area (Å²) in [5, 5.41) is 3.31. The molecule has 1 aromatic heterocycles. The highest BCUT2D eigenvalue weighted by atomic mass is 16.5. The molecule has 1 heterocycles. The Labute approximate surface area is 121 Å². The van der Waals surface area contributed by atoms with Crippen LogP contribution in [-0.4, -0.2) is 30.7 Å². The van der Waals surface area contributed by atoms with Crippen molar-refractivity contribution < 1.29 is 9.47 Å². The smallest absolute Gasteiger partial charge is 0.229 e. The lowest BCUT2D eigenvalue weighted by molar-refractivity contribution is 0.278. The summed E-state index contributed by atoms with van der Waals surface area (Å²) >= 11 is 0. The molecule has 5 heteroatoms. The lowest BCUT2D eigenvalue weighted by atomic mass is 9.81. The molecular formula is C15H25N3O2. The summed E-state index contributed by atoms with van der Waals surface area (Å²) in [5.74, 6) is 3.28. The fraction of sp³-hybridized carbons (Fsp3) is 0.733. The standard InChI is InChI=1S/C15H25N3O2/c1-4-11-5-7-12(8-6-11)10-16-15-17-13(19-2)9-14(18-15)20-3/h9,11-12H,4-8,10H2,1-3H3,(H,16,17,18). The Morgan fingerprint density at radius 3 is 2.10 bits per heavy atom. The summed E-state index contributed by atoms with van der Waals surface area (Å²) in [5.41, 5.74) is 0. The van der Waals surface area contributed by atoms with Gasteiger partial charge in [-0.2, -0.15) is 9.97 Å². The molecule has 0 atom stereocenters. The van der Waals surface area contributed by atoms with Gasteiger partial charge < -0.3 is 14.8 Å². The summed E-state index contributed by atoms with van der Waals surface area (Å²) < 4.78 is 10.3. The van der Waals surface area contributed by atoms with E-state index in [9.17, 15) is 0 Å². The van der Waals surface area contributed by atoms with Crippen LogP contribution in [0, 0.1) is 11.8 Å². The molecule has 0 radical (unpaired) electrons. The van der Waals surface area contributed by atoms with E-state index < -0.39 is 0 Å². The quantitative estimate of drug-likeness (QED) is 0.867. The molecule has 0 aromatic carbocycles. The second kappa shape index (κ2) is 7.31. The van der Waals surface area contributed by atoms with Crippen molar-refractivity contribution >= 4 is 5.95 Å². The molecule has 1 saturated carbocycles. The van der Waals surface area contributed by atoms with Crippen molar-refractivity contribution in [2.24, 2.45) is 11.8 Å². The van der Waals surface area contributed by atoms with Crippen molar-refractivity contribution in [3.8, 4) is 11.8 Å². The Bertz CT molecular complexity index is 395. The summed E-state index contributed by atoms with van der Waals surface area (Å²) in [6, 6.07) is 1.68. The zero-order valence-electron chi connectivity index (χ0n) is 12.7. The molecule has 2 rings (SSSR count). The van der Waals surface area contributed by atoms with Crippen molar-refractivity contribution in [1.82, 2.24) is 9.97 Å². The average molecular weight is 279 g/mol. The van der Waals surface area contributed by atoms with Gasteiger partial charge in [-0.05, 0) is 24.7 Å². The van der Waals surface area contributed by atoms with Gasteiger partial charge in [0, 0.05) is 6.54 Å².